The number of benzene rings is 1. The minimum atomic E-state index is 0.219. The molecule has 1 unspecified atom stereocenters. The predicted molar refractivity (Wildman–Crippen MR) is 59.8 cm³/mol. The van der Waals surface area contributed by atoms with Crippen LogP contribution in [0.15, 0.2) is 35.3 Å². The van der Waals surface area contributed by atoms with Gasteiger partial charge in [-0.2, -0.15) is 0 Å². The average Bonchev–Trinajstić information content (AvgIpc) is 2.25. The molecule has 0 aromatic heterocycles. The topological polar surface area (TPSA) is 21.6 Å². The van der Waals surface area contributed by atoms with E-state index in [1.165, 1.54) is 5.56 Å². The smallest absolute Gasteiger partial charge is 0.0814 e. The highest BCUT2D eigenvalue weighted by Gasteiger charge is 1.99. The van der Waals surface area contributed by atoms with Gasteiger partial charge in [-0.05, 0) is 19.4 Å². The maximum absolute atomic E-state index is 5.17. The van der Waals surface area contributed by atoms with Crippen molar-refractivity contribution in [2.24, 2.45) is 4.99 Å². The van der Waals surface area contributed by atoms with E-state index in [1.54, 1.807) is 0 Å². The normalized spacial score (nSPS) is 13.3. The molecule has 0 aliphatic rings. The Bertz CT molecular complexity index is 269. The molecule has 0 saturated heterocycles. The molecule has 0 bridgehead atoms. The molecule has 2 heteroatoms. The largest absolute Gasteiger partial charge is 0.376 e. The lowest BCUT2D eigenvalue weighted by molar-refractivity contribution is 0.190. The number of rotatable bonds is 5. The summed E-state index contributed by atoms with van der Waals surface area (Å²) in [6.45, 7) is 5.41. The standard InChI is InChI=1S/C12H17NO/c1-3-14-10-9-13-11(2)12-7-5-4-6-8-12/h4-9,11H,3,10H2,1-2H3. The summed E-state index contributed by atoms with van der Waals surface area (Å²) in [5.74, 6) is 0. The Morgan fingerprint density at radius 1 is 1.36 bits per heavy atom. The predicted octanol–water partition coefficient (Wildman–Crippen LogP) is 2.85. The fraction of sp³-hybridized carbons (Fsp3) is 0.417. The van der Waals surface area contributed by atoms with Crippen LogP contribution in [0.4, 0.5) is 0 Å². The third-order valence-corrected chi connectivity index (χ3v) is 2.01. The van der Waals surface area contributed by atoms with E-state index in [-0.39, 0.29) is 6.04 Å². The molecule has 0 heterocycles. The van der Waals surface area contributed by atoms with Gasteiger partial charge in [0.1, 0.15) is 0 Å². The zero-order chi connectivity index (χ0) is 10.2. The van der Waals surface area contributed by atoms with E-state index in [2.05, 4.69) is 24.0 Å². The second-order valence-corrected chi connectivity index (χ2v) is 3.08. The molecule has 14 heavy (non-hydrogen) atoms. The quantitative estimate of drug-likeness (QED) is 0.518. The molecule has 0 aliphatic heterocycles. The Kier molecular flexibility index (Phi) is 4.94. The summed E-state index contributed by atoms with van der Waals surface area (Å²) in [5, 5.41) is 0. The zero-order valence-electron chi connectivity index (χ0n) is 8.81. The first kappa shape index (κ1) is 10.9. The molecular formula is C12H17NO. The molecule has 0 saturated carbocycles. The summed E-state index contributed by atoms with van der Waals surface area (Å²) >= 11 is 0. The van der Waals surface area contributed by atoms with Gasteiger partial charge in [0, 0.05) is 12.8 Å². The molecule has 2 nitrogen and oxygen atoms in total. The Morgan fingerprint density at radius 2 is 2.07 bits per heavy atom. The lowest BCUT2D eigenvalue weighted by atomic mass is 10.1. The van der Waals surface area contributed by atoms with E-state index in [9.17, 15) is 0 Å². The van der Waals surface area contributed by atoms with Crippen LogP contribution in [0, 0.1) is 0 Å². The summed E-state index contributed by atoms with van der Waals surface area (Å²) in [6.07, 6.45) is 1.83. The van der Waals surface area contributed by atoms with Gasteiger partial charge in [-0.25, -0.2) is 0 Å². The highest BCUT2D eigenvalue weighted by atomic mass is 16.5. The Labute approximate surface area is 85.6 Å². The number of aliphatic imine (C=N–C) groups is 1. The first-order valence-electron chi connectivity index (χ1n) is 4.99. The van der Waals surface area contributed by atoms with Gasteiger partial charge in [-0.1, -0.05) is 30.3 Å². The van der Waals surface area contributed by atoms with Crippen LogP contribution in [0.25, 0.3) is 0 Å². The van der Waals surface area contributed by atoms with Crippen LogP contribution in [0.2, 0.25) is 0 Å². The third kappa shape index (κ3) is 3.71. The SMILES string of the molecule is CCOCC=NC(C)c1ccccc1. The first-order chi connectivity index (χ1) is 6.84. The minimum Gasteiger partial charge on any atom is -0.376 e. The van der Waals surface area contributed by atoms with E-state index in [4.69, 9.17) is 4.74 Å². The highest BCUT2D eigenvalue weighted by molar-refractivity contribution is 5.59. The molecule has 0 spiro atoms. The first-order valence-corrected chi connectivity index (χ1v) is 4.99. The van der Waals surface area contributed by atoms with Crippen molar-refractivity contribution in [2.75, 3.05) is 13.2 Å². The molecule has 0 N–H and O–H groups in total. The van der Waals surface area contributed by atoms with Crippen molar-refractivity contribution in [1.29, 1.82) is 0 Å². The van der Waals surface area contributed by atoms with Crippen LogP contribution in [-0.4, -0.2) is 19.4 Å². The Morgan fingerprint density at radius 3 is 2.71 bits per heavy atom. The van der Waals surface area contributed by atoms with Crippen LogP contribution in [0.1, 0.15) is 25.5 Å². The van der Waals surface area contributed by atoms with Gasteiger partial charge < -0.3 is 4.74 Å². The fourth-order valence-electron chi connectivity index (χ4n) is 1.19. The molecule has 0 amide bonds. The molecule has 1 aromatic rings. The molecular weight excluding hydrogens is 174 g/mol. The van der Waals surface area contributed by atoms with E-state index in [0.717, 1.165) is 6.61 Å². The Balaban J connectivity index is 2.42. The van der Waals surface area contributed by atoms with Crippen molar-refractivity contribution in [3.63, 3.8) is 0 Å². The van der Waals surface area contributed by atoms with Gasteiger partial charge >= 0.3 is 0 Å². The van der Waals surface area contributed by atoms with E-state index in [1.807, 2.05) is 31.3 Å². The van der Waals surface area contributed by atoms with E-state index >= 15 is 0 Å². The lowest BCUT2D eigenvalue weighted by Crippen LogP contribution is -1.96. The van der Waals surface area contributed by atoms with Crippen LogP contribution in [-0.2, 0) is 4.74 Å². The highest BCUT2D eigenvalue weighted by Crippen LogP contribution is 2.14. The molecule has 0 radical (unpaired) electrons. The van der Waals surface area contributed by atoms with Crippen molar-refractivity contribution < 1.29 is 4.74 Å². The number of nitrogens with zero attached hydrogens (tertiary/aromatic N) is 1. The Hall–Kier alpha value is -1.15. The summed E-state index contributed by atoms with van der Waals surface area (Å²) < 4.78 is 5.17. The van der Waals surface area contributed by atoms with Gasteiger partial charge in [0.15, 0.2) is 0 Å². The zero-order valence-corrected chi connectivity index (χ0v) is 8.81. The minimum absolute atomic E-state index is 0.219. The van der Waals surface area contributed by atoms with Gasteiger partial charge in [0.2, 0.25) is 0 Å². The van der Waals surface area contributed by atoms with Gasteiger partial charge in [-0.15, -0.1) is 0 Å². The molecule has 0 fully saturated rings. The van der Waals surface area contributed by atoms with Crippen molar-refractivity contribution in [2.45, 2.75) is 19.9 Å². The van der Waals surface area contributed by atoms with Gasteiger partial charge in [0.25, 0.3) is 0 Å². The van der Waals surface area contributed by atoms with E-state index < -0.39 is 0 Å². The van der Waals surface area contributed by atoms with Gasteiger partial charge in [0.05, 0.1) is 12.6 Å². The molecule has 0 aliphatic carbocycles. The molecule has 1 atom stereocenters. The average molecular weight is 191 g/mol. The maximum Gasteiger partial charge on any atom is 0.0814 e. The lowest BCUT2D eigenvalue weighted by Gasteiger charge is -2.05. The third-order valence-electron chi connectivity index (χ3n) is 2.01. The second kappa shape index (κ2) is 6.33. The maximum atomic E-state index is 5.17. The van der Waals surface area contributed by atoms with E-state index in [0.29, 0.717) is 6.61 Å². The van der Waals surface area contributed by atoms with Crippen molar-refractivity contribution in [1.82, 2.24) is 0 Å². The van der Waals surface area contributed by atoms with Crippen LogP contribution >= 0.6 is 0 Å². The van der Waals surface area contributed by atoms with Crippen molar-refractivity contribution >= 4 is 6.21 Å². The summed E-state index contributed by atoms with van der Waals surface area (Å²) in [7, 11) is 0. The number of hydrogen-bond acceptors (Lipinski definition) is 2. The molecule has 76 valence electrons. The molecule has 1 rings (SSSR count). The van der Waals surface area contributed by atoms with Crippen LogP contribution in [0.5, 0.6) is 0 Å². The number of hydrogen-bond donors (Lipinski definition) is 0. The van der Waals surface area contributed by atoms with Crippen LogP contribution in [0.3, 0.4) is 0 Å². The summed E-state index contributed by atoms with van der Waals surface area (Å²) in [6, 6.07) is 10.5. The monoisotopic (exact) mass is 191 g/mol. The van der Waals surface area contributed by atoms with Crippen molar-refractivity contribution in [3.8, 4) is 0 Å². The number of ether oxygens (including phenoxy) is 1. The van der Waals surface area contributed by atoms with Gasteiger partial charge in [-0.3, -0.25) is 4.99 Å². The summed E-state index contributed by atoms with van der Waals surface area (Å²) in [5.41, 5.74) is 1.24. The van der Waals surface area contributed by atoms with Crippen molar-refractivity contribution in [3.05, 3.63) is 35.9 Å². The summed E-state index contributed by atoms with van der Waals surface area (Å²) in [4.78, 5) is 4.38. The fourth-order valence-corrected chi connectivity index (χ4v) is 1.19. The van der Waals surface area contributed by atoms with Crippen LogP contribution < -0.4 is 0 Å². The molecule has 1 aromatic carbocycles. The second-order valence-electron chi connectivity index (χ2n) is 3.08.